The van der Waals surface area contributed by atoms with E-state index in [1.54, 1.807) is 30.3 Å². The third-order valence-corrected chi connectivity index (χ3v) is 4.44. The molecule has 0 saturated heterocycles. The normalized spacial score (nSPS) is 13.3. The highest BCUT2D eigenvalue weighted by Gasteiger charge is 2.40. The molecule has 0 unspecified atom stereocenters. The Morgan fingerprint density at radius 1 is 1.15 bits per heavy atom. The number of esters is 1. The minimum atomic E-state index is -0.660. The molecule has 2 amide bonds. The molecule has 0 bridgehead atoms. The molecular formula is C19H20N2O5. The predicted molar refractivity (Wildman–Crippen MR) is 93.6 cm³/mol. The fourth-order valence-corrected chi connectivity index (χ4v) is 3.18. The third kappa shape index (κ3) is 2.70. The van der Waals surface area contributed by atoms with Gasteiger partial charge >= 0.3 is 5.97 Å². The third-order valence-electron chi connectivity index (χ3n) is 4.44. The summed E-state index contributed by atoms with van der Waals surface area (Å²) in [6, 6.07) is 8.11. The van der Waals surface area contributed by atoms with Crippen LogP contribution >= 0.6 is 0 Å². The summed E-state index contributed by atoms with van der Waals surface area (Å²) in [4.78, 5) is 38.0. The smallest absolute Gasteiger partial charge is 0.356 e. The molecule has 136 valence electrons. The zero-order chi connectivity index (χ0) is 18.8. The first-order valence-corrected chi connectivity index (χ1v) is 8.45. The van der Waals surface area contributed by atoms with Gasteiger partial charge in [-0.05, 0) is 36.6 Å². The fraction of sp³-hybridized carbons (Fsp3) is 0.316. The molecule has 2 heterocycles. The molecule has 3 rings (SSSR count). The van der Waals surface area contributed by atoms with E-state index < -0.39 is 24.4 Å². The molecule has 0 spiro atoms. The van der Waals surface area contributed by atoms with Crippen LogP contribution in [0.25, 0.3) is 0 Å². The van der Waals surface area contributed by atoms with E-state index in [4.69, 9.17) is 4.74 Å². The Hall–Kier alpha value is -2.93. The first-order valence-electron chi connectivity index (χ1n) is 8.45. The first-order chi connectivity index (χ1) is 12.5. The van der Waals surface area contributed by atoms with Crippen LogP contribution in [-0.2, 0) is 17.8 Å². The molecule has 0 atom stereocenters. The highest BCUT2D eigenvalue weighted by Crippen LogP contribution is 2.27. The van der Waals surface area contributed by atoms with Crippen LogP contribution in [0.4, 0.5) is 0 Å². The minimum absolute atomic E-state index is 0.0968. The van der Waals surface area contributed by atoms with Gasteiger partial charge < -0.3 is 9.84 Å². The Kier molecular flexibility index (Phi) is 4.90. The van der Waals surface area contributed by atoms with E-state index in [1.165, 1.54) is 11.8 Å². The van der Waals surface area contributed by atoms with Crippen molar-refractivity contribution in [2.24, 2.45) is 0 Å². The van der Waals surface area contributed by atoms with Crippen LogP contribution in [0.1, 0.15) is 62.2 Å². The molecule has 7 heteroatoms. The average Bonchev–Trinajstić information content (AvgIpc) is 3.14. The van der Waals surface area contributed by atoms with Crippen molar-refractivity contribution in [3.05, 3.63) is 58.4 Å². The van der Waals surface area contributed by atoms with Crippen molar-refractivity contribution in [1.29, 1.82) is 0 Å². The summed E-state index contributed by atoms with van der Waals surface area (Å²) in [6.07, 6.45) is 2.30. The summed E-state index contributed by atoms with van der Waals surface area (Å²) >= 11 is 0. The van der Waals surface area contributed by atoms with Crippen LogP contribution in [0.5, 0.6) is 0 Å². The van der Waals surface area contributed by atoms with Gasteiger partial charge in [0, 0.05) is 0 Å². The number of unbranched alkanes of at least 4 members (excludes halogenated alkanes) is 1. The molecule has 1 aromatic carbocycles. The van der Waals surface area contributed by atoms with E-state index in [-0.39, 0.29) is 22.5 Å². The molecule has 26 heavy (non-hydrogen) atoms. The van der Waals surface area contributed by atoms with Crippen LogP contribution in [0.2, 0.25) is 0 Å². The van der Waals surface area contributed by atoms with Crippen molar-refractivity contribution in [2.45, 2.75) is 32.8 Å². The molecule has 0 fully saturated rings. The van der Waals surface area contributed by atoms with Crippen LogP contribution in [0.3, 0.4) is 0 Å². The Bertz CT molecular complexity index is 849. The lowest BCUT2D eigenvalue weighted by molar-refractivity contribution is 0.0585. The summed E-state index contributed by atoms with van der Waals surface area (Å²) in [5, 5.41) is 10.7. The van der Waals surface area contributed by atoms with Gasteiger partial charge in [0.2, 0.25) is 0 Å². The largest absolute Gasteiger partial charge is 0.464 e. The summed E-state index contributed by atoms with van der Waals surface area (Å²) in [7, 11) is 1.24. The molecule has 7 nitrogen and oxygen atoms in total. The number of aliphatic hydroxyl groups excluding tert-OH is 1. The number of hydrogen-bond acceptors (Lipinski definition) is 5. The van der Waals surface area contributed by atoms with Crippen LogP contribution < -0.4 is 5.01 Å². The Balaban J connectivity index is 2.18. The van der Waals surface area contributed by atoms with Crippen molar-refractivity contribution in [3.8, 4) is 0 Å². The van der Waals surface area contributed by atoms with Crippen molar-refractivity contribution in [2.75, 3.05) is 12.1 Å². The fourth-order valence-electron chi connectivity index (χ4n) is 3.18. The highest BCUT2D eigenvalue weighted by molar-refractivity contribution is 6.30. The number of nitrogens with zero attached hydrogens (tertiary/aromatic N) is 2. The van der Waals surface area contributed by atoms with E-state index in [2.05, 4.69) is 0 Å². The van der Waals surface area contributed by atoms with Gasteiger partial charge in [-0.25, -0.2) is 9.47 Å². The number of aliphatic hydroxyl groups is 1. The number of aryl methyl sites for hydroxylation is 1. The van der Waals surface area contributed by atoms with Gasteiger partial charge in [0.25, 0.3) is 11.8 Å². The summed E-state index contributed by atoms with van der Waals surface area (Å²) in [5.41, 5.74) is 1.55. The van der Waals surface area contributed by atoms with Gasteiger partial charge in [-0.1, -0.05) is 25.5 Å². The summed E-state index contributed by atoms with van der Waals surface area (Å²) < 4.78 is 6.07. The van der Waals surface area contributed by atoms with Gasteiger partial charge in [0.1, 0.15) is 0 Å². The number of aromatic nitrogens is 1. The second-order valence-corrected chi connectivity index (χ2v) is 6.04. The van der Waals surface area contributed by atoms with E-state index in [0.717, 1.165) is 17.9 Å². The Labute approximate surface area is 150 Å². The van der Waals surface area contributed by atoms with Crippen LogP contribution in [0.15, 0.2) is 30.3 Å². The number of rotatable bonds is 6. The minimum Gasteiger partial charge on any atom is -0.464 e. The number of ether oxygens (including phenoxy) is 1. The molecule has 0 saturated carbocycles. The maximum Gasteiger partial charge on any atom is 0.356 e. The highest BCUT2D eigenvalue weighted by atomic mass is 16.5. The topological polar surface area (TPSA) is 88.8 Å². The standard InChI is InChI=1S/C19H20N2O5/c1-3-4-7-12-10-13(11-22)20(16(12)19(25)26-2)21-17(23)14-8-5-6-9-15(14)18(21)24/h5-6,8-10,22H,3-4,7,11H2,1-2H3. The van der Waals surface area contributed by atoms with Crippen molar-refractivity contribution in [1.82, 2.24) is 4.68 Å². The second-order valence-electron chi connectivity index (χ2n) is 6.04. The lowest BCUT2D eigenvalue weighted by Gasteiger charge is -2.20. The molecular weight excluding hydrogens is 336 g/mol. The Morgan fingerprint density at radius 2 is 1.77 bits per heavy atom. The number of hydrogen-bond donors (Lipinski definition) is 1. The molecule has 0 aliphatic carbocycles. The molecule has 2 aromatic rings. The van der Waals surface area contributed by atoms with Crippen molar-refractivity contribution >= 4 is 17.8 Å². The lowest BCUT2D eigenvalue weighted by atomic mass is 10.1. The quantitative estimate of drug-likeness (QED) is 0.632. The summed E-state index contributed by atoms with van der Waals surface area (Å²) in [6.45, 7) is 1.59. The van der Waals surface area contributed by atoms with E-state index in [9.17, 15) is 19.5 Å². The number of amides is 2. The monoisotopic (exact) mass is 356 g/mol. The maximum absolute atomic E-state index is 12.8. The van der Waals surface area contributed by atoms with Crippen molar-refractivity contribution in [3.63, 3.8) is 0 Å². The van der Waals surface area contributed by atoms with Crippen LogP contribution in [0, 0.1) is 0 Å². The number of carbonyl (C=O) groups is 3. The van der Waals surface area contributed by atoms with E-state index in [0.29, 0.717) is 12.0 Å². The maximum atomic E-state index is 12.8. The molecule has 1 aromatic heterocycles. The van der Waals surface area contributed by atoms with E-state index in [1.807, 2.05) is 6.92 Å². The lowest BCUT2D eigenvalue weighted by Crippen LogP contribution is -2.43. The molecule has 1 aliphatic rings. The van der Waals surface area contributed by atoms with Crippen LogP contribution in [-0.4, -0.2) is 34.7 Å². The summed E-state index contributed by atoms with van der Waals surface area (Å²) in [5.74, 6) is -1.74. The van der Waals surface area contributed by atoms with Crippen molar-refractivity contribution < 1.29 is 24.2 Å². The molecule has 0 radical (unpaired) electrons. The number of imide groups is 1. The second kappa shape index (κ2) is 7.13. The van der Waals surface area contributed by atoms with Gasteiger partial charge in [0.15, 0.2) is 5.69 Å². The number of benzene rings is 1. The zero-order valence-corrected chi connectivity index (χ0v) is 14.7. The average molecular weight is 356 g/mol. The Morgan fingerprint density at radius 3 is 2.27 bits per heavy atom. The first kappa shape index (κ1) is 17.9. The molecule has 1 N–H and O–H groups in total. The van der Waals surface area contributed by atoms with Gasteiger partial charge in [-0.3, -0.25) is 9.59 Å². The van der Waals surface area contributed by atoms with Gasteiger partial charge in [0.05, 0.1) is 30.5 Å². The van der Waals surface area contributed by atoms with E-state index >= 15 is 0 Å². The number of fused-ring (bicyclic) bond motifs is 1. The van der Waals surface area contributed by atoms with Gasteiger partial charge in [-0.2, -0.15) is 5.01 Å². The SMILES string of the molecule is CCCCc1cc(CO)n(N2C(=O)c3ccccc3C2=O)c1C(=O)OC. The predicted octanol–water partition coefficient (Wildman–Crippen LogP) is 2.04. The number of carbonyl (C=O) groups excluding carboxylic acids is 3. The molecule has 1 aliphatic heterocycles. The number of methoxy groups -OCH3 is 1. The van der Waals surface area contributed by atoms with Gasteiger partial charge in [-0.15, -0.1) is 0 Å². The zero-order valence-electron chi connectivity index (χ0n) is 14.7.